The molecule has 1 saturated carbocycles. The van der Waals surface area contributed by atoms with Gasteiger partial charge in [0.1, 0.15) is 29.2 Å². The SMILES string of the molecule is C=C[C@@H]1C[C@]1(NC(=O)[C@@H]1C[C@@H](Oc2cc(-c3ccccc3)nc3cc(OC)ccc23)CN1C(=O)N[C@H](CNS(=O)(=O)Cc1ccccc1)CC(C)C)C(=O)O. The molecule has 4 aromatic rings. The lowest BCUT2D eigenvalue weighted by molar-refractivity contribution is -0.144. The number of nitrogens with zero attached hydrogens (tertiary/aromatic N) is 2. The van der Waals surface area contributed by atoms with Crippen molar-refractivity contribution in [3.05, 3.63) is 103 Å². The summed E-state index contributed by atoms with van der Waals surface area (Å²) in [5.74, 6) is -1.30. The van der Waals surface area contributed by atoms with E-state index in [1.54, 1.807) is 43.5 Å². The topological polar surface area (TPSA) is 176 Å². The number of carboxylic acids is 1. The molecule has 1 aliphatic heterocycles. The van der Waals surface area contributed by atoms with E-state index in [1.807, 2.05) is 62.4 Å². The fourth-order valence-electron chi connectivity index (χ4n) is 7.10. The highest BCUT2D eigenvalue weighted by Gasteiger charge is 2.61. The quantitative estimate of drug-likeness (QED) is 0.113. The third-order valence-corrected chi connectivity index (χ3v) is 11.3. The molecule has 5 atom stereocenters. The van der Waals surface area contributed by atoms with Crippen molar-refractivity contribution in [3.8, 4) is 22.8 Å². The maximum absolute atomic E-state index is 14.2. The Hall–Kier alpha value is -5.47. The summed E-state index contributed by atoms with van der Waals surface area (Å²) < 4.78 is 40.7. The zero-order chi connectivity index (χ0) is 39.3. The molecule has 2 fully saturated rings. The first-order valence-electron chi connectivity index (χ1n) is 18.3. The molecule has 0 spiro atoms. The average Bonchev–Trinajstić information content (AvgIpc) is 3.72. The van der Waals surface area contributed by atoms with Gasteiger partial charge in [0, 0.05) is 48.0 Å². The van der Waals surface area contributed by atoms with E-state index < -0.39 is 57.6 Å². The van der Waals surface area contributed by atoms with Gasteiger partial charge in [0.15, 0.2) is 0 Å². The van der Waals surface area contributed by atoms with Gasteiger partial charge in [0.05, 0.1) is 30.6 Å². The van der Waals surface area contributed by atoms with E-state index in [4.69, 9.17) is 14.5 Å². The first kappa shape index (κ1) is 39.2. The van der Waals surface area contributed by atoms with E-state index in [0.717, 1.165) is 5.56 Å². The normalized spacial score (nSPS) is 21.2. The van der Waals surface area contributed by atoms with Crippen LogP contribution in [0.4, 0.5) is 4.79 Å². The number of carboxylic acid groups (broad SMARTS) is 1. The summed E-state index contributed by atoms with van der Waals surface area (Å²) in [6.45, 7) is 7.56. The fraction of sp³-hybridized carbons (Fsp3) is 0.366. The monoisotopic (exact) mass is 769 g/mol. The molecule has 0 bridgehead atoms. The highest BCUT2D eigenvalue weighted by molar-refractivity contribution is 7.88. The Balaban J connectivity index is 1.26. The van der Waals surface area contributed by atoms with E-state index in [-0.39, 0.29) is 37.6 Å². The summed E-state index contributed by atoms with van der Waals surface area (Å²) in [6, 6.07) is 23.3. The number of methoxy groups -OCH3 is 1. The Morgan fingerprint density at radius 3 is 2.40 bits per heavy atom. The summed E-state index contributed by atoms with van der Waals surface area (Å²) in [4.78, 5) is 46.7. The van der Waals surface area contributed by atoms with Crippen molar-refractivity contribution in [2.75, 3.05) is 20.2 Å². The lowest BCUT2D eigenvalue weighted by Crippen LogP contribution is -2.56. The third-order valence-electron chi connectivity index (χ3n) is 10.0. The zero-order valence-corrected chi connectivity index (χ0v) is 31.9. The number of carbonyl (C=O) groups is 3. The molecule has 1 saturated heterocycles. The second kappa shape index (κ2) is 16.5. The molecule has 14 heteroatoms. The smallest absolute Gasteiger partial charge is 0.330 e. The molecule has 55 heavy (non-hydrogen) atoms. The van der Waals surface area contributed by atoms with Gasteiger partial charge in [-0.1, -0.05) is 80.6 Å². The molecule has 2 aliphatic rings. The number of carbonyl (C=O) groups excluding carboxylic acids is 2. The minimum atomic E-state index is -3.74. The van der Waals surface area contributed by atoms with Crippen LogP contribution >= 0.6 is 0 Å². The van der Waals surface area contributed by atoms with Crippen molar-refractivity contribution in [3.63, 3.8) is 0 Å². The van der Waals surface area contributed by atoms with Gasteiger partial charge in [-0.2, -0.15) is 0 Å². The summed E-state index contributed by atoms with van der Waals surface area (Å²) >= 11 is 0. The van der Waals surface area contributed by atoms with E-state index >= 15 is 0 Å². The Kier molecular flexibility index (Phi) is 11.8. The number of hydrogen-bond donors (Lipinski definition) is 4. The number of aliphatic carboxylic acids is 1. The van der Waals surface area contributed by atoms with Crippen LogP contribution in [-0.2, 0) is 25.4 Å². The lowest BCUT2D eigenvalue weighted by Gasteiger charge is -2.29. The van der Waals surface area contributed by atoms with Crippen molar-refractivity contribution in [1.29, 1.82) is 0 Å². The number of hydrogen-bond acceptors (Lipinski definition) is 8. The molecular weight excluding hydrogens is 723 g/mol. The maximum Gasteiger partial charge on any atom is 0.330 e. The molecule has 0 unspecified atom stereocenters. The van der Waals surface area contributed by atoms with Crippen LogP contribution in [0, 0.1) is 11.8 Å². The molecule has 3 amide bonds. The van der Waals surface area contributed by atoms with Crippen LogP contribution in [0.3, 0.4) is 0 Å². The maximum atomic E-state index is 14.2. The summed E-state index contributed by atoms with van der Waals surface area (Å²) in [6.07, 6.45) is 1.52. The number of rotatable bonds is 16. The number of aromatic nitrogens is 1. The van der Waals surface area contributed by atoms with Gasteiger partial charge in [-0.3, -0.25) is 4.79 Å². The molecule has 2 heterocycles. The molecule has 13 nitrogen and oxygen atoms in total. The van der Waals surface area contributed by atoms with Crippen molar-refractivity contribution in [2.24, 2.45) is 11.8 Å². The number of benzene rings is 3. The molecule has 0 radical (unpaired) electrons. The Bertz CT molecular complexity index is 2150. The number of sulfonamides is 1. The van der Waals surface area contributed by atoms with Crippen LogP contribution in [0.2, 0.25) is 0 Å². The van der Waals surface area contributed by atoms with Gasteiger partial charge in [-0.25, -0.2) is 27.7 Å². The number of fused-ring (bicyclic) bond motifs is 1. The van der Waals surface area contributed by atoms with Crippen molar-refractivity contribution in [2.45, 2.75) is 62.6 Å². The molecule has 290 valence electrons. The first-order valence-corrected chi connectivity index (χ1v) is 19.9. The molecule has 1 aliphatic carbocycles. The van der Waals surface area contributed by atoms with Gasteiger partial charge < -0.3 is 30.1 Å². The van der Waals surface area contributed by atoms with Crippen LogP contribution in [-0.4, -0.2) is 85.2 Å². The minimum Gasteiger partial charge on any atom is -0.497 e. The lowest BCUT2D eigenvalue weighted by atomic mass is 10.0. The second-order valence-corrected chi connectivity index (χ2v) is 16.4. The van der Waals surface area contributed by atoms with Crippen LogP contribution in [0.1, 0.15) is 38.7 Å². The number of likely N-dealkylation sites (tertiary alicyclic amines) is 1. The molecular formula is C41H47N5O8S. The molecule has 1 aromatic heterocycles. The fourth-order valence-corrected chi connectivity index (χ4v) is 8.29. The third kappa shape index (κ3) is 9.26. The number of urea groups is 1. The Morgan fingerprint density at radius 1 is 1.05 bits per heavy atom. The molecule has 3 aromatic carbocycles. The van der Waals surface area contributed by atoms with Crippen LogP contribution in [0.25, 0.3) is 22.2 Å². The van der Waals surface area contributed by atoms with Gasteiger partial charge in [0.25, 0.3) is 0 Å². The number of amides is 3. The first-order chi connectivity index (χ1) is 26.3. The second-order valence-electron chi connectivity index (χ2n) is 14.6. The Labute approximate surface area is 321 Å². The van der Waals surface area contributed by atoms with Crippen molar-refractivity contribution in [1.82, 2.24) is 25.2 Å². The van der Waals surface area contributed by atoms with E-state index in [2.05, 4.69) is 21.9 Å². The predicted molar refractivity (Wildman–Crippen MR) is 209 cm³/mol. The number of nitrogens with one attached hydrogen (secondary N) is 3. The van der Waals surface area contributed by atoms with Crippen LogP contribution in [0.5, 0.6) is 11.5 Å². The van der Waals surface area contributed by atoms with E-state index in [1.165, 1.54) is 11.0 Å². The highest BCUT2D eigenvalue weighted by atomic mass is 32.2. The largest absolute Gasteiger partial charge is 0.497 e. The van der Waals surface area contributed by atoms with Gasteiger partial charge in [0.2, 0.25) is 15.9 Å². The van der Waals surface area contributed by atoms with E-state index in [9.17, 15) is 27.9 Å². The standard InChI is InChI=1S/C41H47N5O8S/c1-5-29-22-41(29,39(48)49)45-38(47)36-20-32(54-37-21-34(28-14-10-7-11-15-28)44-35-19-31(53-4)16-17-33(35)37)24-46(36)40(50)43-30(18-26(2)3)23-42-55(51,52)25-27-12-8-6-9-13-27/h5-17,19,21,26,29-30,32,36,42H,1,18,20,22-25H2,2-4H3,(H,43,50)(H,45,47)(H,48,49)/t29-,30+,32-,36+,41-/m1/s1. The summed E-state index contributed by atoms with van der Waals surface area (Å²) in [7, 11) is -2.17. The number of ether oxygens (including phenoxy) is 2. The predicted octanol–water partition coefficient (Wildman–Crippen LogP) is 5.12. The van der Waals surface area contributed by atoms with E-state index in [0.29, 0.717) is 40.1 Å². The highest BCUT2D eigenvalue weighted by Crippen LogP contribution is 2.45. The van der Waals surface area contributed by atoms with Crippen molar-refractivity contribution < 1.29 is 37.4 Å². The molecule has 4 N–H and O–H groups in total. The van der Waals surface area contributed by atoms with Crippen molar-refractivity contribution >= 4 is 38.8 Å². The average molecular weight is 770 g/mol. The van der Waals surface area contributed by atoms with Gasteiger partial charge in [-0.15, -0.1) is 6.58 Å². The van der Waals surface area contributed by atoms with Crippen LogP contribution < -0.4 is 24.8 Å². The molecule has 6 rings (SSSR count). The summed E-state index contributed by atoms with van der Waals surface area (Å²) in [5.41, 5.74) is 1.25. The Morgan fingerprint density at radius 2 is 1.76 bits per heavy atom. The minimum absolute atomic E-state index is 0.0103. The summed E-state index contributed by atoms with van der Waals surface area (Å²) in [5, 5.41) is 16.4. The van der Waals surface area contributed by atoms with Gasteiger partial charge >= 0.3 is 12.0 Å². The number of pyridine rings is 1. The van der Waals surface area contributed by atoms with Crippen LogP contribution in [0.15, 0.2) is 97.6 Å². The zero-order valence-electron chi connectivity index (χ0n) is 31.1. The van der Waals surface area contributed by atoms with Gasteiger partial charge in [-0.05, 0) is 36.5 Å².